The molecule has 25 heavy (non-hydrogen) atoms. The van der Waals surface area contributed by atoms with Gasteiger partial charge in [0.05, 0.1) is 6.54 Å². The zero-order valence-corrected chi connectivity index (χ0v) is 15.8. The van der Waals surface area contributed by atoms with Gasteiger partial charge < -0.3 is 15.1 Å². The quantitative estimate of drug-likeness (QED) is 0.866. The summed E-state index contributed by atoms with van der Waals surface area (Å²) in [6.45, 7) is 7.47. The summed E-state index contributed by atoms with van der Waals surface area (Å²) in [5, 5.41) is 3.92. The molecule has 3 rings (SSSR count). The van der Waals surface area contributed by atoms with Gasteiger partial charge in [-0.25, -0.2) is 0 Å². The van der Waals surface area contributed by atoms with Crippen molar-refractivity contribution in [2.45, 2.75) is 12.8 Å². The van der Waals surface area contributed by atoms with Crippen LogP contribution in [0.2, 0.25) is 5.02 Å². The molecular weight excluding hydrogens is 336 g/mol. The molecule has 138 valence electrons. The molecule has 2 fully saturated rings. The normalized spacial score (nSPS) is 22.8. The minimum atomic E-state index is 0.158. The second-order valence-electron chi connectivity index (χ2n) is 7.32. The summed E-state index contributed by atoms with van der Waals surface area (Å²) < 4.78 is 0. The zero-order valence-electron chi connectivity index (χ0n) is 15.1. The predicted octanol–water partition coefficient (Wildman–Crippen LogP) is 1.92. The van der Waals surface area contributed by atoms with E-state index in [1.54, 1.807) is 0 Å². The zero-order chi connectivity index (χ0) is 17.6. The number of amides is 1. The average molecular weight is 365 g/mol. The van der Waals surface area contributed by atoms with Crippen LogP contribution < -0.4 is 10.2 Å². The maximum atomic E-state index is 12.3. The Labute approximate surface area is 155 Å². The molecule has 0 spiro atoms. The van der Waals surface area contributed by atoms with Crippen LogP contribution in [0.15, 0.2) is 24.3 Å². The Bertz CT molecular complexity index is 582. The van der Waals surface area contributed by atoms with Gasteiger partial charge in [0.15, 0.2) is 0 Å². The first kappa shape index (κ1) is 18.5. The highest BCUT2D eigenvalue weighted by atomic mass is 35.5. The Hall–Kier alpha value is -1.30. The third-order valence-corrected chi connectivity index (χ3v) is 5.46. The molecule has 2 aliphatic heterocycles. The molecule has 0 bridgehead atoms. The molecule has 2 heterocycles. The van der Waals surface area contributed by atoms with Crippen molar-refractivity contribution in [1.29, 1.82) is 0 Å². The molecule has 0 aliphatic carbocycles. The molecule has 0 aromatic heterocycles. The fraction of sp³-hybridized carbons (Fsp3) is 0.632. The van der Waals surface area contributed by atoms with Crippen LogP contribution in [-0.4, -0.2) is 75.1 Å². The van der Waals surface area contributed by atoms with Crippen molar-refractivity contribution >= 4 is 23.2 Å². The van der Waals surface area contributed by atoms with E-state index < -0.39 is 0 Å². The fourth-order valence-corrected chi connectivity index (χ4v) is 3.87. The molecule has 0 radical (unpaired) electrons. The van der Waals surface area contributed by atoms with E-state index >= 15 is 0 Å². The number of rotatable bonds is 5. The topological polar surface area (TPSA) is 38.8 Å². The molecule has 1 amide bonds. The first-order valence-electron chi connectivity index (χ1n) is 9.28. The first-order valence-corrected chi connectivity index (χ1v) is 9.66. The summed E-state index contributed by atoms with van der Waals surface area (Å²) in [5.41, 5.74) is 1.18. The maximum absolute atomic E-state index is 12.3. The summed E-state index contributed by atoms with van der Waals surface area (Å²) in [5.74, 6) is 0.670. The lowest BCUT2D eigenvalue weighted by atomic mass is 10.1. The van der Waals surface area contributed by atoms with E-state index in [0.717, 1.165) is 63.7 Å². The van der Waals surface area contributed by atoms with Crippen molar-refractivity contribution in [3.8, 4) is 0 Å². The number of likely N-dealkylation sites (N-methyl/N-ethyl adjacent to an activating group) is 1. The highest BCUT2D eigenvalue weighted by Gasteiger charge is 2.23. The van der Waals surface area contributed by atoms with E-state index in [1.807, 2.05) is 18.2 Å². The van der Waals surface area contributed by atoms with Crippen LogP contribution in [0.4, 0.5) is 5.69 Å². The summed E-state index contributed by atoms with van der Waals surface area (Å²) in [4.78, 5) is 19.2. The molecule has 6 heteroatoms. The number of hydrogen-bond donors (Lipinski definition) is 1. The number of anilines is 1. The van der Waals surface area contributed by atoms with Crippen molar-refractivity contribution < 1.29 is 4.79 Å². The molecule has 0 saturated carbocycles. The van der Waals surface area contributed by atoms with Crippen LogP contribution in [0.25, 0.3) is 0 Å². The van der Waals surface area contributed by atoms with Gasteiger partial charge in [-0.05, 0) is 57.1 Å². The molecule has 1 aromatic carbocycles. The largest absolute Gasteiger partial charge is 0.371 e. The third-order valence-electron chi connectivity index (χ3n) is 5.23. The van der Waals surface area contributed by atoms with Gasteiger partial charge in [-0.2, -0.15) is 0 Å². The fourth-order valence-electron chi connectivity index (χ4n) is 3.68. The molecule has 1 N–H and O–H groups in total. The Balaban J connectivity index is 1.39. The van der Waals surface area contributed by atoms with Gasteiger partial charge >= 0.3 is 0 Å². The maximum Gasteiger partial charge on any atom is 0.234 e. The standard InChI is InChI=1S/C19H29ClN4O/c1-22-7-3-8-23(11-10-22)15-19(25)21-13-16-6-9-24(14-16)18-5-2-4-17(20)12-18/h2,4-5,12,16H,3,6-11,13-15H2,1H3,(H,21,25)/t16-/m0/s1. The summed E-state index contributed by atoms with van der Waals surface area (Å²) in [6.07, 6.45) is 2.25. The molecule has 1 atom stereocenters. The average Bonchev–Trinajstić information content (AvgIpc) is 2.98. The highest BCUT2D eigenvalue weighted by molar-refractivity contribution is 6.30. The van der Waals surface area contributed by atoms with E-state index in [-0.39, 0.29) is 5.91 Å². The number of benzene rings is 1. The Kier molecular flexibility index (Phi) is 6.57. The van der Waals surface area contributed by atoms with E-state index in [0.29, 0.717) is 12.5 Å². The third kappa shape index (κ3) is 5.59. The minimum absolute atomic E-state index is 0.158. The molecule has 0 unspecified atom stereocenters. The van der Waals surface area contributed by atoms with E-state index in [9.17, 15) is 4.79 Å². The lowest BCUT2D eigenvalue weighted by molar-refractivity contribution is -0.122. The van der Waals surface area contributed by atoms with Crippen LogP contribution >= 0.6 is 11.6 Å². The lowest BCUT2D eigenvalue weighted by Gasteiger charge is -2.21. The van der Waals surface area contributed by atoms with Gasteiger partial charge in [-0.1, -0.05) is 17.7 Å². The Morgan fingerprint density at radius 2 is 2.12 bits per heavy atom. The van der Waals surface area contributed by atoms with Gasteiger partial charge in [0.1, 0.15) is 0 Å². The van der Waals surface area contributed by atoms with Crippen LogP contribution in [-0.2, 0) is 4.79 Å². The monoisotopic (exact) mass is 364 g/mol. The predicted molar refractivity (Wildman–Crippen MR) is 103 cm³/mol. The Morgan fingerprint density at radius 3 is 2.96 bits per heavy atom. The van der Waals surface area contributed by atoms with E-state index in [4.69, 9.17) is 11.6 Å². The number of halogens is 1. The van der Waals surface area contributed by atoms with Gasteiger partial charge in [0.2, 0.25) is 5.91 Å². The lowest BCUT2D eigenvalue weighted by Crippen LogP contribution is -2.40. The first-order chi connectivity index (χ1) is 12.1. The molecule has 1 aromatic rings. The van der Waals surface area contributed by atoms with Crippen LogP contribution in [0.5, 0.6) is 0 Å². The molecule has 5 nitrogen and oxygen atoms in total. The van der Waals surface area contributed by atoms with Gasteiger partial charge in [-0.15, -0.1) is 0 Å². The molecule has 2 aliphatic rings. The van der Waals surface area contributed by atoms with Crippen LogP contribution in [0, 0.1) is 5.92 Å². The van der Waals surface area contributed by atoms with E-state index in [1.165, 1.54) is 5.69 Å². The SMILES string of the molecule is CN1CCCN(CC(=O)NC[C@@H]2CCN(c3cccc(Cl)c3)C2)CC1. The number of hydrogen-bond acceptors (Lipinski definition) is 4. The number of carbonyl (C=O) groups excluding carboxylic acids is 1. The van der Waals surface area contributed by atoms with Crippen molar-refractivity contribution in [3.63, 3.8) is 0 Å². The van der Waals surface area contributed by atoms with Gasteiger partial charge in [0, 0.05) is 43.4 Å². The van der Waals surface area contributed by atoms with Gasteiger partial charge in [0.25, 0.3) is 0 Å². The van der Waals surface area contributed by atoms with Crippen LogP contribution in [0.1, 0.15) is 12.8 Å². The summed E-state index contributed by atoms with van der Waals surface area (Å²) >= 11 is 6.08. The summed E-state index contributed by atoms with van der Waals surface area (Å²) in [7, 11) is 2.15. The second-order valence-corrected chi connectivity index (χ2v) is 7.75. The molecule has 2 saturated heterocycles. The van der Waals surface area contributed by atoms with E-state index in [2.05, 4.69) is 33.1 Å². The highest BCUT2D eigenvalue weighted by Crippen LogP contribution is 2.25. The summed E-state index contributed by atoms with van der Waals surface area (Å²) in [6, 6.07) is 8.01. The number of carbonyl (C=O) groups is 1. The second kappa shape index (κ2) is 8.88. The minimum Gasteiger partial charge on any atom is -0.371 e. The van der Waals surface area contributed by atoms with Crippen molar-refractivity contribution in [2.24, 2.45) is 5.92 Å². The van der Waals surface area contributed by atoms with Crippen LogP contribution in [0.3, 0.4) is 0 Å². The number of nitrogens with one attached hydrogen (secondary N) is 1. The Morgan fingerprint density at radius 1 is 1.24 bits per heavy atom. The smallest absolute Gasteiger partial charge is 0.234 e. The van der Waals surface area contributed by atoms with Crippen molar-refractivity contribution in [3.05, 3.63) is 29.3 Å². The number of nitrogens with zero attached hydrogens (tertiary/aromatic N) is 3. The van der Waals surface area contributed by atoms with Gasteiger partial charge in [-0.3, -0.25) is 9.69 Å². The van der Waals surface area contributed by atoms with Crippen molar-refractivity contribution in [2.75, 3.05) is 64.3 Å². The van der Waals surface area contributed by atoms with Crippen molar-refractivity contribution in [1.82, 2.24) is 15.1 Å². The molecular formula is C19H29ClN4O.